The zero-order valence-electron chi connectivity index (χ0n) is 8.57. The van der Waals surface area contributed by atoms with Crippen molar-refractivity contribution in [2.24, 2.45) is 7.05 Å². The lowest BCUT2D eigenvalue weighted by Crippen LogP contribution is -1.85. The first-order chi connectivity index (χ1) is 7.20. The fraction of sp³-hybridized carbons (Fsp3) is 0.182. The molecule has 0 aliphatic heterocycles. The number of imidazole rings is 1. The largest absolute Gasteiger partial charge is 0.495 e. The van der Waals surface area contributed by atoms with Crippen molar-refractivity contribution in [2.75, 3.05) is 7.11 Å². The Labute approximate surface area is 93.3 Å². The summed E-state index contributed by atoms with van der Waals surface area (Å²) in [4.78, 5) is 4.25. The number of aromatic nitrogens is 2. The van der Waals surface area contributed by atoms with Gasteiger partial charge in [0, 0.05) is 18.8 Å². The molecule has 0 aliphatic carbocycles. The van der Waals surface area contributed by atoms with Crippen LogP contribution in [0.2, 0.25) is 5.02 Å². The van der Waals surface area contributed by atoms with Gasteiger partial charge in [0.05, 0.1) is 24.2 Å². The zero-order valence-corrected chi connectivity index (χ0v) is 9.32. The second-order valence-corrected chi connectivity index (χ2v) is 3.68. The van der Waals surface area contributed by atoms with Gasteiger partial charge in [-0.25, -0.2) is 4.98 Å². The summed E-state index contributed by atoms with van der Waals surface area (Å²) in [5.41, 5.74) is 1.89. The van der Waals surface area contributed by atoms with E-state index in [0.717, 1.165) is 11.3 Å². The average Bonchev–Trinajstić information content (AvgIpc) is 2.65. The molecule has 2 rings (SSSR count). The van der Waals surface area contributed by atoms with Crippen molar-refractivity contribution in [2.45, 2.75) is 0 Å². The number of methoxy groups -OCH3 is 1. The summed E-state index contributed by atoms with van der Waals surface area (Å²) < 4.78 is 6.98. The van der Waals surface area contributed by atoms with Crippen LogP contribution in [0.1, 0.15) is 0 Å². The van der Waals surface area contributed by atoms with Crippen LogP contribution in [0, 0.1) is 0 Å². The summed E-state index contributed by atoms with van der Waals surface area (Å²) in [5, 5.41) is 0.598. The van der Waals surface area contributed by atoms with Gasteiger partial charge in [0.25, 0.3) is 0 Å². The Hall–Kier alpha value is -1.48. The number of aryl methyl sites for hydroxylation is 1. The van der Waals surface area contributed by atoms with Crippen LogP contribution in [-0.4, -0.2) is 16.7 Å². The molecule has 78 valence electrons. The standard InChI is InChI=1S/C11H11ClN2O/c1-14-6-10(13-7-14)8-3-4-11(15-2)9(12)5-8/h3-7H,1-2H3. The van der Waals surface area contributed by atoms with Crippen LogP contribution in [0.4, 0.5) is 0 Å². The van der Waals surface area contributed by atoms with E-state index in [4.69, 9.17) is 16.3 Å². The Kier molecular flexibility index (Phi) is 2.64. The Morgan fingerprint density at radius 2 is 2.20 bits per heavy atom. The van der Waals surface area contributed by atoms with E-state index in [-0.39, 0.29) is 0 Å². The van der Waals surface area contributed by atoms with Crippen molar-refractivity contribution in [1.29, 1.82) is 0 Å². The molecule has 0 atom stereocenters. The van der Waals surface area contributed by atoms with Gasteiger partial charge < -0.3 is 9.30 Å². The van der Waals surface area contributed by atoms with E-state index in [1.165, 1.54) is 0 Å². The van der Waals surface area contributed by atoms with Crippen molar-refractivity contribution < 1.29 is 4.74 Å². The van der Waals surface area contributed by atoms with Gasteiger partial charge in [-0.05, 0) is 18.2 Å². The van der Waals surface area contributed by atoms with Gasteiger partial charge in [-0.1, -0.05) is 11.6 Å². The summed E-state index contributed by atoms with van der Waals surface area (Å²) >= 11 is 6.03. The number of ether oxygens (including phenoxy) is 1. The molecule has 1 aromatic carbocycles. The van der Waals surface area contributed by atoms with Gasteiger partial charge in [-0.2, -0.15) is 0 Å². The van der Waals surface area contributed by atoms with Gasteiger partial charge in [-0.3, -0.25) is 0 Å². The fourth-order valence-corrected chi connectivity index (χ4v) is 1.65. The number of hydrogen-bond acceptors (Lipinski definition) is 2. The predicted octanol–water partition coefficient (Wildman–Crippen LogP) is 2.75. The van der Waals surface area contributed by atoms with Gasteiger partial charge in [-0.15, -0.1) is 0 Å². The predicted molar refractivity (Wildman–Crippen MR) is 60.2 cm³/mol. The summed E-state index contributed by atoms with van der Waals surface area (Å²) in [5.74, 6) is 0.677. The maximum atomic E-state index is 6.03. The van der Waals surface area contributed by atoms with E-state index in [1.54, 1.807) is 13.4 Å². The number of benzene rings is 1. The Balaban J connectivity index is 2.42. The van der Waals surface area contributed by atoms with Crippen LogP contribution in [0.3, 0.4) is 0 Å². The molecule has 0 spiro atoms. The topological polar surface area (TPSA) is 27.1 Å². The third-order valence-electron chi connectivity index (χ3n) is 2.15. The van der Waals surface area contributed by atoms with Gasteiger partial charge >= 0.3 is 0 Å². The molecule has 0 aliphatic rings. The van der Waals surface area contributed by atoms with E-state index in [0.29, 0.717) is 10.8 Å². The van der Waals surface area contributed by atoms with E-state index in [1.807, 2.05) is 36.0 Å². The molecule has 0 bridgehead atoms. The summed E-state index contributed by atoms with van der Waals surface area (Å²) in [6, 6.07) is 5.63. The molecular formula is C11H11ClN2O. The third kappa shape index (κ3) is 1.97. The Morgan fingerprint density at radius 1 is 1.40 bits per heavy atom. The third-order valence-corrected chi connectivity index (χ3v) is 2.45. The van der Waals surface area contributed by atoms with E-state index in [2.05, 4.69) is 4.98 Å². The average molecular weight is 223 g/mol. The van der Waals surface area contributed by atoms with Crippen LogP contribution >= 0.6 is 11.6 Å². The highest BCUT2D eigenvalue weighted by Crippen LogP contribution is 2.29. The van der Waals surface area contributed by atoms with Gasteiger partial charge in [0.2, 0.25) is 0 Å². The van der Waals surface area contributed by atoms with Gasteiger partial charge in [0.1, 0.15) is 5.75 Å². The van der Waals surface area contributed by atoms with Crippen molar-refractivity contribution in [1.82, 2.24) is 9.55 Å². The molecular weight excluding hydrogens is 212 g/mol. The second-order valence-electron chi connectivity index (χ2n) is 3.27. The maximum Gasteiger partial charge on any atom is 0.137 e. The first kappa shape index (κ1) is 10.1. The van der Waals surface area contributed by atoms with Gasteiger partial charge in [0.15, 0.2) is 0 Å². The summed E-state index contributed by atoms with van der Waals surface area (Å²) in [6.07, 6.45) is 3.70. The minimum Gasteiger partial charge on any atom is -0.495 e. The number of hydrogen-bond donors (Lipinski definition) is 0. The van der Waals surface area contributed by atoms with Crippen molar-refractivity contribution >= 4 is 11.6 Å². The summed E-state index contributed by atoms with van der Waals surface area (Å²) in [6.45, 7) is 0. The fourth-order valence-electron chi connectivity index (χ4n) is 1.39. The molecule has 0 unspecified atom stereocenters. The molecule has 3 nitrogen and oxygen atoms in total. The number of rotatable bonds is 2. The summed E-state index contributed by atoms with van der Waals surface area (Å²) in [7, 11) is 3.53. The van der Waals surface area contributed by atoms with E-state index >= 15 is 0 Å². The lowest BCUT2D eigenvalue weighted by Gasteiger charge is -2.03. The molecule has 0 saturated carbocycles. The Morgan fingerprint density at radius 3 is 2.73 bits per heavy atom. The minimum atomic E-state index is 0.598. The van der Waals surface area contributed by atoms with E-state index < -0.39 is 0 Å². The lowest BCUT2D eigenvalue weighted by atomic mass is 10.1. The number of halogens is 1. The van der Waals surface area contributed by atoms with Crippen molar-refractivity contribution in [3.8, 4) is 17.0 Å². The Bertz CT molecular complexity index is 479. The minimum absolute atomic E-state index is 0.598. The first-order valence-corrected chi connectivity index (χ1v) is 4.90. The maximum absolute atomic E-state index is 6.03. The highest BCUT2D eigenvalue weighted by molar-refractivity contribution is 6.32. The highest BCUT2D eigenvalue weighted by Gasteiger charge is 2.05. The molecule has 2 aromatic rings. The normalized spacial score (nSPS) is 10.3. The van der Waals surface area contributed by atoms with Crippen LogP contribution in [-0.2, 0) is 7.05 Å². The van der Waals surface area contributed by atoms with Crippen LogP contribution < -0.4 is 4.74 Å². The van der Waals surface area contributed by atoms with E-state index in [9.17, 15) is 0 Å². The highest BCUT2D eigenvalue weighted by atomic mass is 35.5. The zero-order chi connectivity index (χ0) is 10.8. The quantitative estimate of drug-likeness (QED) is 0.781. The second kappa shape index (κ2) is 3.95. The molecule has 0 amide bonds. The van der Waals surface area contributed by atoms with Crippen molar-refractivity contribution in [3.05, 3.63) is 35.7 Å². The molecule has 0 fully saturated rings. The monoisotopic (exact) mass is 222 g/mol. The molecule has 0 saturated heterocycles. The smallest absolute Gasteiger partial charge is 0.137 e. The van der Waals surface area contributed by atoms with Crippen molar-refractivity contribution in [3.63, 3.8) is 0 Å². The molecule has 4 heteroatoms. The molecule has 1 heterocycles. The molecule has 0 N–H and O–H groups in total. The van der Waals surface area contributed by atoms with Crippen LogP contribution in [0.15, 0.2) is 30.7 Å². The van der Waals surface area contributed by atoms with Crippen LogP contribution in [0.5, 0.6) is 5.75 Å². The molecule has 0 radical (unpaired) electrons. The molecule has 15 heavy (non-hydrogen) atoms. The molecule has 1 aromatic heterocycles. The van der Waals surface area contributed by atoms with Crippen LogP contribution in [0.25, 0.3) is 11.3 Å². The first-order valence-electron chi connectivity index (χ1n) is 4.52. The SMILES string of the molecule is COc1ccc(-c2cn(C)cn2)cc1Cl. The lowest BCUT2D eigenvalue weighted by molar-refractivity contribution is 0.415. The number of nitrogens with zero attached hydrogens (tertiary/aromatic N) is 2.